The number of Topliss-reactive ketones (excluding diaryl/α,β-unsaturated/α-hetero) is 1. The summed E-state index contributed by atoms with van der Waals surface area (Å²) in [6, 6.07) is 6.22. The minimum absolute atomic E-state index is 0.0246. The number of carbonyl (C=O) groups is 1. The summed E-state index contributed by atoms with van der Waals surface area (Å²) in [5, 5.41) is 0. The van der Waals surface area contributed by atoms with Gasteiger partial charge in [0.1, 0.15) is 0 Å². The molecule has 0 saturated heterocycles. The van der Waals surface area contributed by atoms with Gasteiger partial charge in [-0.3, -0.25) is 4.79 Å². The molecule has 1 aromatic carbocycles. The monoisotopic (exact) mass is 283 g/mol. The molecule has 0 saturated carbocycles. The van der Waals surface area contributed by atoms with Gasteiger partial charge in [-0.15, -0.1) is 0 Å². The highest BCUT2D eigenvalue weighted by Gasteiger charge is 2.14. The Balaban J connectivity index is 2.76. The Kier molecular flexibility index (Phi) is 5.69. The number of hydrogen-bond acceptors (Lipinski definition) is 4. The van der Waals surface area contributed by atoms with Gasteiger partial charge in [0.25, 0.3) is 0 Å². The molecule has 0 unspecified atom stereocenters. The van der Waals surface area contributed by atoms with Crippen LogP contribution in [0.25, 0.3) is 0 Å². The first-order chi connectivity index (χ1) is 8.86. The lowest BCUT2D eigenvalue weighted by molar-refractivity contribution is 0.0988. The Hall–Kier alpha value is -1.20. The molecule has 0 aliphatic heterocycles. The number of benzene rings is 1. The van der Waals surface area contributed by atoms with E-state index < -0.39 is 9.84 Å². The van der Waals surface area contributed by atoms with Crippen molar-refractivity contribution < 1.29 is 13.2 Å². The Labute approximate surface area is 115 Å². The van der Waals surface area contributed by atoms with E-state index in [0.29, 0.717) is 23.3 Å². The smallest absolute Gasteiger partial charge is 0.178 e. The van der Waals surface area contributed by atoms with Crippen LogP contribution < -0.4 is 0 Å². The molecule has 0 amide bonds. The minimum atomic E-state index is -3.24. The molecule has 4 nitrogen and oxygen atoms in total. The maximum Gasteiger partial charge on any atom is 0.178 e. The van der Waals surface area contributed by atoms with E-state index in [0.717, 1.165) is 6.54 Å². The van der Waals surface area contributed by atoms with Crippen molar-refractivity contribution in [3.8, 4) is 0 Å². The minimum Gasteiger partial charge on any atom is -0.309 e. The SMILES string of the molecule is CCC(=O)c1ccc(S(=O)(=O)CCCN(C)C)cc1. The van der Waals surface area contributed by atoms with Crippen LogP contribution in [0.1, 0.15) is 30.1 Å². The van der Waals surface area contributed by atoms with E-state index in [1.54, 1.807) is 19.1 Å². The van der Waals surface area contributed by atoms with Crippen LogP contribution in [0.5, 0.6) is 0 Å². The maximum absolute atomic E-state index is 12.1. The molecule has 1 aromatic rings. The van der Waals surface area contributed by atoms with Gasteiger partial charge in [0, 0.05) is 12.0 Å². The van der Waals surface area contributed by atoms with E-state index in [4.69, 9.17) is 0 Å². The van der Waals surface area contributed by atoms with Gasteiger partial charge in [-0.2, -0.15) is 0 Å². The van der Waals surface area contributed by atoms with Gasteiger partial charge in [-0.05, 0) is 39.2 Å². The molecule has 0 fully saturated rings. The predicted molar refractivity (Wildman–Crippen MR) is 76.3 cm³/mol. The van der Waals surface area contributed by atoms with Crippen LogP contribution in [0.2, 0.25) is 0 Å². The molecule has 0 heterocycles. The van der Waals surface area contributed by atoms with Gasteiger partial charge in [-0.25, -0.2) is 8.42 Å². The molecule has 106 valence electrons. The second-order valence-electron chi connectivity index (χ2n) is 4.78. The quantitative estimate of drug-likeness (QED) is 0.718. The topological polar surface area (TPSA) is 54.5 Å². The van der Waals surface area contributed by atoms with Gasteiger partial charge >= 0.3 is 0 Å². The molecule has 0 aliphatic carbocycles. The van der Waals surface area contributed by atoms with Crippen LogP contribution >= 0.6 is 0 Å². The van der Waals surface area contributed by atoms with Crippen molar-refractivity contribution in [2.75, 3.05) is 26.4 Å². The van der Waals surface area contributed by atoms with Crippen molar-refractivity contribution in [3.63, 3.8) is 0 Å². The first kappa shape index (κ1) is 15.9. The lowest BCUT2D eigenvalue weighted by Gasteiger charge is -2.09. The molecule has 0 radical (unpaired) electrons. The van der Waals surface area contributed by atoms with Crippen molar-refractivity contribution >= 4 is 15.6 Å². The predicted octanol–water partition coefficient (Wildman–Crippen LogP) is 2.00. The standard InChI is InChI=1S/C14H21NO3S/c1-4-14(16)12-6-8-13(9-7-12)19(17,18)11-5-10-15(2)3/h6-9H,4-5,10-11H2,1-3H3. The highest BCUT2D eigenvalue weighted by atomic mass is 32.2. The van der Waals surface area contributed by atoms with Crippen LogP contribution in [-0.4, -0.2) is 45.5 Å². The molecular formula is C14H21NO3S. The lowest BCUT2D eigenvalue weighted by Crippen LogP contribution is -2.17. The van der Waals surface area contributed by atoms with Gasteiger partial charge in [0.05, 0.1) is 10.6 Å². The van der Waals surface area contributed by atoms with Gasteiger partial charge in [-0.1, -0.05) is 19.1 Å². The highest BCUT2D eigenvalue weighted by Crippen LogP contribution is 2.14. The zero-order valence-electron chi connectivity index (χ0n) is 11.7. The van der Waals surface area contributed by atoms with Crippen LogP contribution in [0.15, 0.2) is 29.2 Å². The molecular weight excluding hydrogens is 262 g/mol. The number of sulfone groups is 1. The molecule has 5 heteroatoms. The second kappa shape index (κ2) is 6.82. The van der Waals surface area contributed by atoms with E-state index in [1.165, 1.54) is 12.1 Å². The molecule has 0 spiro atoms. The first-order valence-corrected chi connectivity index (χ1v) is 8.03. The fraction of sp³-hybridized carbons (Fsp3) is 0.500. The van der Waals surface area contributed by atoms with E-state index >= 15 is 0 Å². The third-order valence-electron chi connectivity index (χ3n) is 2.87. The third kappa shape index (κ3) is 4.76. The molecule has 1 rings (SSSR count). The number of carbonyl (C=O) groups excluding carboxylic acids is 1. The van der Waals surface area contributed by atoms with Crippen LogP contribution in [0, 0.1) is 0 Å². The number of nitrogens with zero attached hydrogens (tertiary/aromatic N) is 1. The van der Waals surface area contributed by atoms with Crippen molar-refractivity contribution in [1.29, 1.82) is 0 Å². The second-order valence-corrected chi connectivity index (χ2v) is 6.89. The maximum atomic E-state index is 12.1. The summed E-state index contributed by atoms with van der Waals surface area (Å²) in [7, 11) is 0.586. The van der Waals surface area contributed by atoms with Gasteiger partial charge < -0.3 is 4.90 Å². The number of ketones is 1. The normalized spacial score (nSPS) is 11.8. The molecule has 0 N–H and O–H groups in total. The molecule has 0 aromatic heterocycles. The van der Waals surface area contributed by atoms with E-state index in [2.05, 4.69) is 0 Å². The van der Waals surface area contributed by atoms with Crippen LogP contribution in [0.4, 0.5) is 0 Å². The lowest BCUT2D eigenvalue weighted by atomic mass is 10.1. The fourth-order valence-corrected chi connectivity index (χ4v) is 3.04. The summed E-state index contributed by atoms with van der Waals surface area (Å²) in [6.45, 7) is 2.53. The Bertz CT molecular complexity index is 518. The van der Waals surface area contributed by atoms with Crippen LogP contribution in [-0.2, 0) is 9.84 Å². The summed E-state index contributed by atoms with van der Waals surface area (Å²) in [4.78, 5) is 13.7. The summed E-state index contributed by atoms with van der Waals surface area (Å²) in [6.07, 6.45) is 1.03. The van der Waals surface area contributed by atoms with Crippen molar-refractivity contribution in [2.24, 2.45) is 0 Å². The average Bonchev–Trinajstić information content (AvgIpc) is 2.37. The zero-order valence-corrected chi connectivity index (χ0v) is 12.5. The Morgan fingerprint density at radius 3 is 2.21 bits per heavy atom. The summed E-state index contributed by atoms with van der Waals surface area (Å²) in [5.41, 5.74) is 0.565. The largest absolute Gasteiger partial charge is 0.309 e. The molecule has 0 aliphatic rings. The fourth-order valence-electron chi connectivity index (χ4n) is 1.74. The zero-order chi connectivity index (χ0) is 14.5. The number of hydrogen-bond donors (Lipinski definition) is 0. The van der Waals surface area contributed by atoms with Gasteiger partial charge in [0.15, 0.2) is 15.6 Å². The van der Waals surface area contributed by atoms with Crippen molar-refractivity contribution in [1.82, 2.24) is 4.90 Å². The summed E-state index contributed by atoms with van der Waals surface area (Å²) >= 11 is 0. The van der Waals surface area contributed by atoms with Crippen molar-refractivity contribution in [3.05, 3.63) is 29.8 Å². The molecule has 0 bridgehead atoms. The highest BCUT2D eigenvalue weighted by molar-refractivity contribution is 7.91. The third-order valence-corrected chi connectivity index (χ3v) is 4.69. The van der Waals surface area contributed by atoms with E-state index in [1.807, 2.05) is 19.0 Å². The molecule has 0 atom stereocenters. The Morgan fingerprint density at radius 1 is 1.16 bits per heavy atom. The van der Waals surface area contributed by atoms with Gasteiger partial charge in [0.2, 0.25) is 0 Å². The molecule has 19 heavy (non-hydrogen) atoms. The first-order valence-electron chi connectivity index (χ1n) is 6.37. The summed E-state index contributed by atoms with van der Waals surface area (Å²) in [5.74, 6) is 0.156. The number of rotatable bonds is 7. The van der Waals surface area contributed by atoms with Crippen LogP contribution in [0.3, 0.4) is 0 Å². The van der Waals surface area contributed by atoms with E-state index in [9.17, 15) is 13.2 Å². The summed E-state index contributed by atoms with van der Waals surface area (Å²) < 4.78 is 24.1. The van der Waals surface area contributed by atoms with E-state index in [-0.39, 0.29) is 11.5 Å². The average molecular weight is 283 g/mol. The van der Waals surface area contributed by atoms with Crippen molar-refractivity contribution in [2.45, 2.75) is 24.7 Å². The Morgan fingerprint density at radius 2 is 1.74 bits per heavy atom.